The molecule has 0 aliphatic rings. The normalized spacial score (nSPS) is 14.5. The van der Waals surface area contributed by atoms with Gasteiger partial charge in [0.1, 0.15) is 0 Å². The molecule has 0 fully saturated rings. The number of benzene rings is 1. The number of aromatic nitrogens is 2. The molecule has 0 saturated heterocycles. The molecule has 4 nitrogen and oxygen atoms in total. The van der Waals surface area contributed by atoms with E-state index in [-0.39, 0.29) is 11.8 Å². The zero-order valence-electron chi connectivity index (χ0n) is 11.9. The van der Waals surface area contributed by atoms with Crippen molar-refractivity contribution in [3.63, 3.8) is 0 Å². The van der Waals surface area contributed by atoms with Crippen molar-refractivity contribution in [1.82, 2.24) is 10.1 Å². The first-order chi connectivity index (χ1) is 9.47. The summed E-state index contributed by atoms with van der Waals surface area (Å²) < 4.78 is 6.36. The van der Waals surface area contributed by atoms with Crippen LogP contribution in [0.3, 0.4) is 0 Å². The monoisotopic (exact) mass is 338 g/mol. The number of nitrogens with zero attached hydrogens (tertiary/aromatic N) is 2. The van der Waals surface area contributed by atoms with Crippen LogP contribution in [0.4, 0.5) is 0 Å². The van der Waals surface area contributed by atoms with Crippen molar-refractivity contribution in [2.45, 2.75) is 39.2 Å². The predicted molar refractivity (Wildman–Crippen MR) is 80.5 cm³/mol. The number of hydrogen-bond acceptors (Lipinski definition) is 4. The Kier molecular flexibility index (Phi) is 4.94. The Balaban J connectivity index is 2.14. The number of aliphatic hydroxyl groups is 1. The first-order valence-corrected chi connectivity index (χ1v) is 7.51. The van der Waals surface area contributed by atoms with E-state index in [9.17, 15) is 5.11 Å². The van der Waals surface area contributed by atoms with E-state index in [1.54, 1.807) is 6.92 Å². The van der Waals surface area contributed by atoms with Crippen LogP contribution in [0, 0.1) is 5.92 Å². The quantitative estimate of drug-likeness (QED) is 0.905. The molecular formula is C15H19BrN2O2. The van der Waals surface area contributed by atoms with Crippen LogP contribution in [-0.2, 0) is 6.42 Å². The van der Waals surface area contributed by atoms with Gasteiger partial charge in [0.25, 0.3) is 0 Å². The fourth-order valence-electron chi connectivity index (χ4n) is 2.31. The predicted octanol–water partition coefficient (Wildman–Crippen LogP) is 3.54. The summed E-state index contributed by atoms with van der Waals surface area (Å²) in [6, 6.07) is 8.02. The second-order valence-corrected chi connectivity index (χ2v) is 6.28. The number of halogens is 1. The highest BCUT2D eigenvalue weighted by atomic mass is 79.9. The summed E-state index contributed by atoms with van der Waals surface area (Å²) in [5, 5.41) is 13.8. The Bertz CT molecular complexity index is 541. The van der Waals surface area contributed by atoms with E-state index in [4.69, 9.17) is 4.52 Å². The molecule has 0 saturated carbocycles. The molecule has 1 heterocycles. The number of rotatable bonds is 5. The van der Waals surface area contributed by atoms with Crippen molar-refractivity contribution in [1.29, 1.82) is 0 Å². The van der Waals surface area contributed by atoms with Crippen molar-refractivity contribution in [3.05, 3.63) is 46.0 Å². The molecule has 5 heteroatoms. The van der Waals surface area contributed by atoms with Crippen molar-refractivity contribution in [2.24, 2.45) is 5.92 Å². The molecule has 2 aromatic rings. The van der Waals surface area contributed by atoms with Crippen molar-refractivity contribution in [3.8, 4) is 0 Å². The summed E-state index contributed by atoms with van der Waals surface area (Å²) in [6.07, 6.45) is 0.123. The van der Waals surface area contributed by atoms with E-state index in [1.807, 2.05) is 38.1 Å². The van der Waals surface area contributed by atoms with Gasteiger partial charge in [0.05, 0.1) is 12.0 Å². The summed E-state index contributed by atoms with van der Waals surface area (Å²) in [4.78, 5) is 4.42. The summed E-state index contributed by atoms with van der Waals surface area (Å²) >= 11 is 3.41. The van der Waals surface area contributed by atoms with E-state index in [0.29, 0.717) is 18.1 Å². The van der Waals surface area contributed by atoms with Crippen LogP contribution in [0.2, 0.25) is 0 Å². The Morgan fingerprint density at radius 3 is 2.40 bits per heavy atom. The highest BCUT2D eigenvalue weighted by Gasteiger charge is 2.27. The van der Waals surface area contributed by atoms with E-state index >= 15 is 0 Å². The first-order valence-electron chi connectivity index (χ1n) is 6.72. The molecule has 1 N–H and O–H groups in total. The van der Waals surface area contributed by atoms with Crippen LogP contribution in [-0.4, -0.2) is 21.4 Å². The smallest absolute Gasteiger partial charge is 0.232 e. The average Bonchev–Trinajstić information content (AvgIpc) is 2.79. The van der Waals surface area contributed by atoms with E-state index in [0.717, 1.165) is 10.0 Å². The second-order valence-electron chi connectivity index (χ2n) is 5.36. The third-order valence-corrected chi connectivity index (χ3v) is 3.81. The van der Waals surface area contributed by atoms with Gasteiger partial charge in [-0.05, 0) is 30.5 Å². The summed E-state index contributed by atoms with van der Waals surface area (Å²) in [5.41, 5.74) is 1.12. The van der Waals surface area contributed by atoms with Gasteiger partial charge in [0.2, 0.25) is 5.89 Å². The third-order valence-electron chi connectivity index (χ3n) is 3.28. The maximum Gasteiger partial charge on any atom is 0.232 e. The average molecular weight is 339 g/mol. The summed E-state index contributed by atoms with van der Waals surface area (Å²) in [6.45, 7) is 5.83. The highest BCUT2D eigenvalue weighted by molar-refractivity contribution is 9.10. The number of aliphatic hydroxyl groups excluding tert-OH is 1. The molecule has 1 aromatic heterocycles. The lowest BCUT2D eigenvalue weighted by atomic mass is 9.91. The van der Waals surface area contributed by atoms with Crippen molar-refractivity contribution < 1.29 is 9.63 Å². The Morgan fingerprint density at radius 1 is 1.20 bits per heavy atom. The summed E-state index contributed by atoms with van der Waals surface area (Å²) in [7, 11) is 0. The molecule has 2 unspecified atom stereocenters. The van der Waals surface area contributed by atoms with Gasteiger partial charge in [-0.25, -0.2) is 0 Å². The van der Waals surface area contributed by atoms with Crippen LogP contribution in [0.5, 0.6) is 0 Å². The lowest BCUT2D eigenvalue weighted by molar-refractivity contribution is 0.120. The van der Waals surface area contributed by atoms with Crippen LogP contribution in [0.15, 0.2) is 33.3 Å². The highest BCUT2D eigenvalue weighted by Crippen LogP contribution is 2.26. The fourth-order valence-corrected chi connectivity index (χ4v) is 2.57. The molecule has 0 aliphatic carbocycles. The van der Waals surface area contributed by atoms with Gasteiger partial charge < -0.3 is 9.63 Å². The van der Waals surface area contributed by atoms with Gasteiger partial charge in [-0.2, -0.15) is 4.98 Å². The molecule has 0 radical (unpaired) electrons. The molecule has 0 aliphatic heterocycles. The topological polar surface area (TPSA) is 59.2 Å². The third kappa shape index (κ3) is 3.67. The van der Waals surface area contributed by atoms with Gasteiger partial charge in [0, 0.05) is 10.9 Å². The van der Waals surface area contributed by atoms with Gasteiger partial charge in [-0.1, -0.05) is 47.1 Å². The minimum absolute atomic E-state index is 0.124. The SMILES string of the molecule is CC(C)C(c1nc(Cc2ccc(Br)cc2)no1)C(C)O. The van der Waals surface area contributed by atoms with E-state index in [2.05, 4.69) is 26.1 Å². The lowest BCUT2D eigenvalue weighted by Crippen LogP contribution is -2.20. The zero-order valence-corrected chi connectivity index (χ0v) is 13.5. The van der Waals surface area contributed by atoms with Gasteiger partial charge in [0.15, 0.2) is 5.82 Å². The zero-order chi connectivity index (χ0) is 14.7. The minimum Gasteiger partial charge on any atom is -0.393 e. The standard InChI is InChI=1S/C15H19BrN2O2/c1-9(2)14(10(3)19)15-17-13(18-20-15)8-11-4-6-12(16)7-5-11/h4-7,9-10,14,19H,8H2,1-3H3. The maximum atomic E-state index is 9.83. The molecule has 2 atom stereocenters. The van der Waals surface area contributed by atoms with Crippen LogP contribution >= 0.6 is 15.9 Å². The van der Waals surface area contributed by atoms with Crippen molar-refractivity contribution in [2.75, 3.05) is 0 Å². The fraction of sp³-hybridized carbons (Fsp3) is 0.467. The molecule has 0 spiro atoms. The molecule has 0 bridgehead atoms. The van der Waals surface area contributed by atoms with E-state index in [1.165, 1.54) is 0 Å². The van der Waals surface area contributed by atoms with Gasteiger partial charge >= 0.3 is 0 Å². The molecule has 0 amide bonds. The Hall–Kier alpha value is -1.20. The molecule has 1 aromatic carbocycles. The minimum atomic E-state index is -0.504. The molecule has 20 heavy (non-hydrogen) atoms. The lowest BCUT2D eigenvalue weighted by Gasteiger charge is -2.19. The Labute approximate surface area is 127 Å². The largest absolute Gasteiger partial charge is 0.393 e. The van der Waals surface area contributed by atoms with Crippen LogP contribution in [0.25, 0.3) is 0 Å². The first kappa shape index (κ1) is 15.2. The van der Waals surface area contributed by atoms with Gasteiger partial charge in [-0.15, -0.1) is 0 Å². The second kappa shape index (κ2) is 6.50. The van der Waals surface area contributed by atoms with Crippen LogP contribution in [0.1, 0.15) is 44.0 Å². The van der Waals surface area contributed by atoms with Crippen LogP contribution < -0.4 is 0 Å². The molecule has 2 rings (SSSR count). The maximum absolute atomic E-state index is 9.83. The van der Waals surface area contributed by atoms with E-state index < -0.39 is 6.10 Å². The molecule has 108 valence electrons. The van der Waals surface area contributed by atoms with Crippen molar-refractivity contribution >= 4 is 15.9 Å². The Morgan fingerprint density at radius 2 is 1.85 bits per heavy atom. The summed E-state index contributed by atoms with van der Waals surface area (Å²) in [5.74, 6) is 1.29. The molecular weight excluding hydrogens is 320 g/mol. The number of hydrogen-bond donors (Lipinski definition) is 1. The van der Waals surface area contributed by atoms with Gasteiger partial charge in [-0.3, -0.25) is 0 Å².